The van der Waals surface area contributed by atoms with Crippen molar-refractivity contribution in [3.63, 3.8) is 0 Å². The van der Waals surface area contributed by atoms with Crippen molar-refractivity contribution in [2.75, 3.05) is 16.3 Å². The lowest BCUT2D eigenvalue weighted by atomic mass is 9.74. The second-order valence-corrected chi connectivity index (χ2v) is 11.4. The van der Waals surface area contributed by atoms with Gasteiger partial charge in [-0.25, -0.2) is 0 Å². The van der Waals surface area contributed by atoms with Crippen LogP contribution in [0.4, 0.5) is 11.4 Å². The van der Waals surface area contributed by atoms with Crippen LogP contribution in [0, 0.1) is 5.41 Å². The molecule has 1 unspecified atom stereocenters. The van der Waals surface area contributed by atoms with Crippen molar-refractivity contribution in [2.45, 2.75) is 32.9 Å². The lowest BCUT2D eigenvalue weighted by molar-refractivity contribution is -0.118. The Balaban J connectivity index is 1.75. The first kappa shape index (κ1) is 22.4. The zero-order valence-corrected chi connectivity index (χ0v) is 21.9. The summed E-state index contributed by atoms with van der Waals surface area (Å²) in [5.74, 6) is 0.263. The maximum Gasteiger partial charge on any atom is 0.162 e. The number of anilines is 2. The summed E-state index contributed by atoms with van der Waals surface area (Å²) < 4.78 is 2.09. The summed E-state index contributed by atoms with van der Waals surface area (Å²) in [5.41, 5.74) is 5.42. The van der Waals surface area contributed by atoms with E-state index in [4.69, 9.17) is 0 Å². The number of nitrogens with zero attached hydrogens (tertiary/aromatic N) is 2. The minimum atomic E-state index is -0.0675. The first-order chi connectivity index (χ1) is 15.8. The molecule has 1 aliphatic carbocycles. The van der Waals surface area contributed by atoms with Gasteiger partial charge in [0, 0.05) is 38.0 Å². The van der Waals surface area contributed by atoms with Crippen LogP contribution in [0.3, 0.4) is 0 Å². The van der Waals surface area contributed by atoms with E-state index in [9.17, 15) is 4.79 Å². The maximum absolute atomic E-state index is 13.4. The van der Waals surface area contributed by atoms with E-state index in [2.05, 4.69) is 128 Å². The van der Waals surface area contributed by atoms with Gasteiger partial charge in [-0.2, -0.15) is 0 Å². The molecule has 0 saturated carbocycles. The first-order valence-electron chi connectivity index (χ1n) is 11.2. The summed E-state index contributed by atoms with van der Waals surface area (Å²) in [5, 5.41) is 0. The quantitative estimate of drug-likeness (QED) is 0.322. The van der Waals surface area contributed by atoms with E-state index < -0.39 is 0 Å². The molecule has 2 aliphatic rings. The number of ketones is 1. The van der Waals surface area contributed by atoms with E-state index in [1.54, 1.807) is 0 Å². The van der Waals surface area contributed by atoms with Crippen LogP contribution in [0.2, 0.25) is 0 Å². The Morgan fingerprint density at radius 3 is 2.03 bits per heavy atom. The molecule has 1 heterocycles. The van der Waals surface area contributed by atoms with E-state index in [0.29, 0.717) is 13.0 Å². The molecule has 1 atom stereocenters. The standard InChI is InChI=1S/C28H26Br2N2O/c1-28(2)16-25-24(26(33)17-28)18-31(22-14-12-21(30)13-15-22)27(19-8-10-20(29)11-9-19)32(25)23-6-4-3-5-7-23/h3-15,27H,16-18H2,1-2H3. The Kier molecular flexibility index (Phi) is 5.96. The molecule has 3 nitrogen and oxygen atoms in total. The number of benzene rings is 3. The summed E-state index contributed by atoms with van der Waals surface area (Å²) in [7, 11) is 0. The molecule has 0 radical (unpaired) electrons. The van der Waals surface area contributed by atoms with Crippen molar-refractivity contribution in [3.05, 3.63) is 105 Å². The van der Waals surface area contributed by atoms with Gasteiger partial charge in [0.1, 0.15) is 6.17 Å². The van der Waals surface area contributed by atoms with Crippen LogP contribution in [0.1, 0.15) is 38.4 Å². The summed E-state index contributed by atoms with van der Waals surface area (Å²) >= 11 is 7.16. The predicted octanol–water partition coefficient (Wildman–Crippen LogP) is 7.88. The van der Waals surface area contributed by atoms with E-state index in [1.165, 1.54) is 5.56 Å². The molecule has 0 N–H and O–H groups in total. The number of rotatable bonds is 3. The van der Waals surface area contributed by atoms with Crippen molar-refractivity contribution in [3.8, 4) is 0 Å². The van der Waals surface area contributed by atoms with Crippen LogP contribution in [-0.4, -0.2) is 12.3 Å². The fourth-order valence-corrected chi connectivity index (χ4v) is 5.52. The molecule has 0 aromatic heterocycles. The average molecular weight is 566 g/mol. The van der Waals surface area contributed by atoms with Crippen molar-refractivity contribution in [1.82, 2.24) is 0 Å². The molecule has 168 valence electrons. The van der Waals surface area contributed by atoms with Gasteiger partial charge in [-0.1, -0.05) is 76.0 Å². The molecule has 3 aromatic carbocycles. The van der Waals surface area contributed by atoms with Gasteiger partial charge in [0.15, 0.2) is 5.78 Å². The van der Waals surface area contributed by atoms with Crippen LogP contribution in [-0.2, 0) is 4.79 Å². The van der Waals surface area contributed by atoms with Crippen molar-refractivity contribution < 1.29 is 4.79 Å². The molecule has 5 heteroatoms. The molecule has 0 bridgehead atoms. The predicted molar refractivity (Wildman–Crippen MR) is 142 cm³/mol. The zero-order chi connectivity index (χ0) is 23.2. The first-order valence-corrected chi connectivity index (χ1v) is 12.8. The number of hydrogen-bond acceptors (Lipinski definition) is 3. The van der Waals surface area contributed by atoms with E-state index >= 15 is 0 Å². The molecule has 0 saturated heterocycles. The lowest BCUT2D eigenvalue weighted by Crippen LogP contribution is -2.51. The highest BCUT2D eigenvalue weighted by Crippen LogP contribution is 2.48. The third-order valence-electron chi connectivity index (χ3n) is 6.49. The smallest absolute Gasteiger partial charge is 0.162 e. The van der Waals surface area contributed by atoms with Crippen LogP contribution >= 0.6 is 31.9 Å². The molecule has 0 spiro atoms. The third-order valence-corrected chi connectivity index (χ3v) is 7.55. The Bertz CT molecular complexity index is 1200. The molecule has 0 amide bonds. The number of allylic oxidation sites excluding steroid dienone is 1. The lowest BCUT2D eigenvalue weighted by Gasteiger charge is -2.51. The summed E-state index contributed by atoms with van der Waals surface area (Å²) in [4.78, 5) is 18.2. The monoisotopic (exact) mass is 564 g/mol. The molecule has 3 aromatic rings. The second kappa shape index (κ2) is 8.77. The average Bonchev–Trinajstić information content (AvgIpc) is 2.79. The van der Waals surface area contributed by atoms with Crippen molar-refractivity contribution in [2.24, 2.45) is 5.41 Å². The van der Waals surface area contributed by atoms with Gasteiger partial charge in [-0.3, -0.25) is 4.79 Å². The Hall–Kier alpha value is -2.37. The van der Waals surface area contributed by atoms with E-state index in [-0.39, 0.29) is 17.4 Å². The Morgan fingerprint density at radius 1 is 0.788 bits per heavy atom. The summed E-state index contributed by atoms with van der Waals surface area (Å²) in [6.45, 7) is 5.01. The number of halogens is 2. The molecular weight excluding hydrogens is 540 g/mol. The van der Waals surface area contributed by atoms with E-state index in [0.717, 1.165) is 38.0 Å². The SMILES string of the molecule is CC1(C)CC(=O)C2=C(C1)N(c1ccccc1)C(c1ccc(Br)cc1)N(c1ccc(Br)cc1)C2. The summed E-state index contributed by atoms with van der Waals surface area (Å²) in [6, 6.07) is 27.4. The fourth-order valence-electron chi connectivity index (χ4n) is 4.99. The molecule has 5 rings (SSSR count). The number of para-hydroxylation sites is 1. The Labute approximate surface area is 212 Å². The van der Waals surface area contributed by atoms with Gasteiger partial charge in [0.2, 0.25) is 0 Å². The Morgan fingerprint density at radius 2 is 1.39 bits per heavy atom. The fraction of sp³-hybridized carbons (Fsp3) is 0.250. The molecular formula is C28H26Br2N2O. The van der Waals surface area contributed by atoms with Crippen LogP contribution in [0.5, 0.6) is 0 Å². The number of carbonyl (C=O) groups excluding carboxylic acids is 1. The third kappa shape index (κ3) is 4.41. The minimum Gasteiger partial charge on any atom is -0.342 e. The van der Waals surface area contributed by atoms with Crippen LogP contribution < -0.4 is 9.80 Å². The van der Waals surface area contributed by atoms with Gasteiger partial charge in [0.05, 0.1) is 6.54 Å². The largest absolute Gasteiger partial charge is 0.342 e. The maximum atomic E-state index is 13.4. The highest BCUT2D eigenvalue weighted by molar-refractivity contribution is 9.10. The topological polar surface area (TPSA) is 23.6 Å². The normalized spacial score (nSPS) is 20.1. The van der Waals surface area contributed by atoms with Crippen LogP contribution in [0.15, 0.2) is 99.1 Å². The van der Waals surface area contributed by atoms with Crippen LogP contribution in [0.25, 0.3) is 0 Å². The van der Waals surface area contributed by atoms with Crippen molar-refractivity contribution in [1.29, 1.82) is 0 Å². The van der Waals surface area contributed by atoms with Gasteiger partial charge < -0.3 is 9.80 Å². The molecule has 1 aliphatic heterocycles. The van der Waals surface area contributed by atoms with E-state index in [1.807, 2.05) is 6.07 Å². The number of Topliss-reactive ketones (excluding diaryl/α,β-unsaturated/α-hetero) is 1. The highest BCUT2D eigenvalue weighted by atomic mass is 79.9. The summed E-state index contributed by atoms with van der Waals surface area (Å²) in [6.07, 6.45) is 1.40. The van der Waals surface area contributed by atoms with Gasteiger partial charge in [0.25, 0.3) is 0 Å². The number of hydrogen-bond donors (Lipinski definition) is 0. The minimum absolute atomic E-state index is 0.0625. The highest BCUT2D eigenvalue weighted by Gasteiger charge is 2.43. The van der Waals surface area contributed by atoms with Gasteiger partial charge >= 0.3 is 0 Å². The van der Waals surface area contributed by atoms with Gasteiger partial charge in [-0.05, 0) is 65.9 Å². The molecule has 33 heavy (non-hydrogen) atoms. The molecule has 0 fully saturated rings. The van der Waals surface area contributed by atoms with Crippen molar-refractivity contribution >= 4 is 49.0 Å². The second-order valence-electron chi connectivity index (χ2n) is 9.60. The zero-order valence-electron chi connectivity index (χ0n) is 18.8. The number of carbonyl (C=O) groups is 1. The van der Waals surface area contributed by atoms with Gasteiger partial charge in [-0.15, -0.1) is 0 Å².